The van der Waals surface area contributed by atoms with Gasteiger partial charge in [0.05, 0.1) is 35.1 Å². The summed E-state index contributed by atoms with van der Waals surface area (Å²) in [6.07, 6.45) is 12.1. The number of benzene rings is 2. The number of aromatic hydroxyl groups is 1. The average Bonchev–Trinajstić information content (AvgIpc) is 3.68. The molecule has 4 aromatic rings. The maximum atomic E-state index is 14.7. The van der Waals surface area contributed by atoms with Gasteiger partial charge < -0.3 is 24.7 Å². The predicted octanol–water partition coefficient (Wildman–Crippen LogP) is 4.48. The molecule has 4 fully saturated rings. The molecule has 4 aliphatic heterocycles. The number of carbonyl (C=O) groups excluding carboxylic acids is 3. The fourth-order valence-electron chi connectivity index (χ4n) is 9.45. The number of phenolic OH excluding ortho intramolecular Hbond substituents is 1. The predicted molar refractivity (Wildman–Crippen MR) is 214 cm³/mol. The third kappa shape index (κ3) is 7.73. The van der Waals surface area contributed by atoms with E-state index in [1.807, 2.05) is 61.7 Å². The third-order valence-corrected chi connectivity index (χ3v) is 12.9. The van der Waals surface area contributed by atoms with Gasteiger partial charge in [0, 0.05) is 95.4 Å². The Hall–Kier alpha value is -5.30. The number of aryl methyl sites for hydroxylation is 1. The van der Waals surface area contributed by atoms with E-state index in [1.165, 1.54) is 5.69 Å². The number of para-hydroxylation sites is 1. The van der Waals surface area contributed by atoms with Crippen LogP contribution in [0.15, 0.2) is 73.2 Å². The quantitative estimate of drug-likeness (QED) is 0.235. The summed E-state index contributed by atoms with van der Waals surface area (Å²) in [6.45, 7) is 6.48. The molecule has 3 amide bonds. The third-order valence-electron chi connectivity index (χ3n) is 12.9. The number of amides is 3. The Morgan fingerprint density at radius 3 is 2.29 bits per heavy atom. The van der Waals surface area contributed by atoms with Crippen molar-refractivity contribution in [2.45, 2.75) is 68.7 Å². The van der Waals surface area contributed by atoms with Gasteiger partial charge in [-0.2, -0.15) is 15.3 Å². The highest BCUT2D eigenvalue weighted by atomic mass is 16.3. The number of imide groups is 1. The van der Waals surface area contributed by atoms with Gasteiger partial charge in [0.1, 0.15) is 5.75 Å². The van der Waals surface area contributed by atoms with Crippen LogP contribution in [0.4, 0.5) is 11.4 Å². The van der Waals surface area contributed by atoms with Gasteiger partial charge in [-0.15, -0.1) is 0 Å². The normalized spacial score (nSPS) is 21.2. The number of nitrogens with one attached hydrogen (secondary N) is 1. The first-order valence-electron chi connectivity index (χ1n) is 20.2. The van der Waals surface area contributed by atoms with Crippen LogP contribution in [-0.4, -0.2) is 112 Å². The maximum Gasteiger partial charge on any atom is 0.234 e. The number of hydrogen-bond donors (Lipinski definition) is 2. The maximum absolute atomic E-state index is 14.7. The molecule has 2 aromatic heterocycles. The van der Waals surface area contributed by atoms with Gasteiger partial charge in [0.25, 0.3) is 0 Å². The molecule has 4 aliphatic rings. The number of nitrogens with zero attached hydrogens (tertiary/aromatic N) is 8. The molecule has 13 heteroatoms. The standard InChI is InChI=1S/C43H53N9O4/c1-48-29-32(26-45-48)43(17-23-52(24-18-43)35-25-38(47-44-27-35)37-5-3-4-6-39(37)53)42(56)49(2)33-15-19-50(20-16-33)28-30-13-21-51(22-14-30)34-9-7-31(8-10-34)36-11-12-40(54)46-41(36)55/h3-10,25-27,29-30,33,36,53H,11-24,28H2,1-2H3,(H,46,54,55)/t36-/m1/s1. The van der Waals surface area contributed by atoms with Crippen molar-refractivity contribution in [1.82, 2.24) is 35.1 Å². The van der Waals surface area contributed by atoms with Crippen molar-refractivity contribution in [2.75, 3.05) is 62.7 Å². The zero-order valence-corrected chi connectivity index (χ0v) is 32.5. The average molecular weight is 760 g/mol. The van der Waals surface area contributed by atoms with Crippen LogP contribution in [0.5, 0.6) is 5.75 Å². The Morgan fingerprint density at radius 1 is 0.893 bits per heavy atom. The van der Waals surface area contributed by atoms with Gasteiger partial charge in [-0.1, -0.05) is 24.3 Å². The second-order valence-electron chi connectivity index (χ2n) is 16.3. The minimum atomic E-state index is -0.656. The summed E-state index contributed by atoms with van der Waals surface area (Å²) >= 11 is 0. The van der Waals surface area contributed by atoms with Crippen molar-refractivity contribution in [3.63, 3.8) is 0 Å². The first-order chi connectivity index (χ1) is 27.2. The SMILES string of the molecule is CN(C(=O)C1(c2cnn(C)c2)CCN(c2cnnc(-c3ccccc3O)c2)CC1)C1CCN(CC2CCN(c3ccc([C@H]4CCC(=O)NC4=O)cc3)CC2)CC1. The number of phenols is 1. The minimum absolute atomic E-state index is 0.169. The molecule has 6 heterocycles. The summed E-state index contributed by atoms with van der Waals surface area (Å²) in [5.74, 6) is 0.377. The molecule has 0 radical (unpaired) electrons. The Bertz CT molecular complexity index is 2030. The first-order valence-corrected chi connectivity index (χ1v) is 20.2. The van der Waals surface area contributed by atoms with Crippen molar-refractivity contribution in [2.24, 2.45) is 13.0 Å². The molecule has 56 heavy (non-hydrogen) atoms. The van der Waals surface area contributed by atoms with Crippen molar-refractivity contribution >= 4 is 29.1 Å². The van der Waals surface area contributed by atoms with Crippen LogP contribution >= 0.6 is 0 Å². The number of aromatic nitrogens is 4. The monoisotopic (exact) mass is 759 g/mol. The van der Waals surface area contributed by atoms with Crippen molar-refractivity contribution in [3.8, 4) is 17.0 Å². The summed E-state index contributed by atoms with van der Waals surface area (Å²) < 4.78 is 1.80. The van der Waals surface area contributed by atoms with E-state index in [-0.39, 0.29) is 35.4 Å². The van der Waals surface area contributed by atoms with E-state index >= 15 is 0 Å². The molecular formula is C43H53N9O4. The summed E-state index contributed by atoms with van der Waals surface area (Å²) in [5.41, 5.74) is 4.68. The summed E-state index contributed by atoms with van der Waals surface area (Å²) in [6, 6.07) is 17.7. The molecule has 2 aromatic carbocycles. The van der Waals surface area contributed by atoms with Gasteiger partial charge >= 0.3 is 0 Å². The van der Waals surface area contributed by atoms with Crippen molar-refractivity contribution in [3.05, 3.63) is 84.3 Å². The highest BCUT2D eigenvalue weighted by Crippen LogP contribution is 2.40. The number of piperidine rings is 4. The molecular weight excluding hydrogens is 707 g/mol. The number of likely N-dealkylation sites (N-methyl/N-ethyl adjacent to an activating group) is 1. The summed E-state index contributed by atoms with van der Waals surface area (Å²) in [5, 5.41) is 25.9. The largest absolute Gasteiger partial charge is 0.507 e. The molecule has 8 rings (SSSR count). The van der Waals surface area contributed by atoms with E-state index in [1.54, 1.807) is 23.0 Å². The van der Waals surface area contributed by atoms with Crippen LogP contribution in [0.25, 0.3) is 11.3 Å². The van der Waals surface area contributed by atoms with Crippen LogP contribution in [0, 0.1) is 5.92 Å². The van der Waals surface area contributed by atoms with E-state index in [9.17, 15) is 19.5 Å². The van der Waals surface area contributed by atoms with Gasteiger partial charge in [-0.25, -0.2) is 0 Å². The number of likely N-dealkylation sites (tertiary alicyclic amines) is 1. The van der Waals surface area contributed by atoms with Crippen LogP contribution in [-0.2, 0) is 26.8 Å². The topological polar surface area (TPSA) is 140 Å². The van der Waals surface area contributed by atoms with E-state index in [2.05, 4.69) is 47.4 Å². The summed E-state index contributed by atoms with van der Waals surface area (Å²) in [7, 11) is 3.91. The van der Waals surface area contributed by atoms with Crippen LogP contribution < -0.4 is 15.1 Å². The molecule has 0 saturated carbocycles. The Morgan fingerprint density at radius 2 is 1.61 bits per heavy atom. The lowest BCUT2D eigenvalue weighted by molar-refractivity contribution is -0.140. The van der Waals surface area contributed by atoms with E-state index < -0.39 is 5.41 Å². The van der Waals surface area contributed by atoms with Crippen LogP contribution in [0.1, 0.15) is 68.4 Å². The second kappa shape index (κ2) is 16.0. The molecule has 0 bridgehead atoms. The fraction of sp³-hybridized carbons (Fsp3) is 0.488. The molecule has 0 unspecified atom stereocenters. The van der Waals surface area contributed by atoms with Crippen molar-refractivity contribution < 1.29 is 19.5 Å². The molecule has 13 nitrogen and oxygen atoms in total. The lowest BCUT2D eigenvalue weighted by atomic mass is 9.72. The van der Waals surface area contributed by atoms with Crippen LogP contribution in [0.2, 0.25) is 0 Å². The van der Waals surface area contributed by atoms with Gasteiger partial charge in [0.2, 0.25) is 17.7 Å². The van der Waals surface area contributed by atoms with Gasteiger partial charge in [-0.3, -0.25) is 24.4 Å². The first kappa shape index (κ1) is 37.6. The number of rotatable bonds is 9. The second-order valence-corrected chi connectivity index (χ2v) is 16.3. The Balaban J connectivity index is 0.841. The van der Waals surface area contributed by atoms with Gasteiger partial charge in [-0.05, 0) is 86.8 Å². The van der Waals surface area contributed by atoms with Gasteiger partial charge in [0.15, 0.2) is 0 Å². The highest BCUT2D eigenvalue weighted by Gasteiger charge is 2.47. The highest BCUT2D eigenvalue weighted by molar-refractivity contribution is 6.01. The Kier molecular flexibility index (Phi) is 10.8. The molecule has 294 valence electrons. The smallest absolute Gasteiger partial charge is 0.234 e. The molecule has 0 spiro atoms. The van der Waals surface area contributed by atoms with E-state index in [4.69, 9.17) is 0 Å². The van der Waals surface area contributed by atoms with E-state index in [0.717, 1.165) is 75.2 Å². The molecule has 0 aliphatic carbocycles. The summed E-state index contributed by atoms with van der Waals surface area (Å²) in [4.78, 5) is 47.9. The lowest BCUT2D eigenvalue weighted by Crippen LogP contribution is -2.56. The number of carbonyl (C=O) groups is 3. The fourth-order valence-corrected chi connectivity index (χ4v) is 9.45. The van der Waals surface area contributed by atoms with E-state index in [0.29, 0.717) is 55.9 Å². The molecule has 4 saturated heterocycles. The van der Waals surface area contributed by atoms with Crippen molar-refractivity contribution in [1.29, 1.82) is 0 Å². The number of anilines is 2. The van der Waals surface area contributed by atoms with Crippen LogP contribution in [0.3, 0.4) is 0 Å². The molecule has 2 N–H and O–H groups in total. The zero-order valence-electron chi connectivity index (χ0n) is 32.5. The molecule has 1 atom stereocenters. The zero-order chi connectivity index (χ0) is 38.8. The number of hydrogen-bond acceptors (Lipinski definition) is 10. The Labute approximate surface area is 328 Å². The minimum Gasteiger partial charge on any atom is -0.507 e. The lowest BCUT2D eigenvalue weighted by Gasteiger charge is -2.46.